The monoisotopic (exact) mass is 291 g/mol. The highest BCUT2D eigenvalue weighted by Crippen LogP contribution is 2.43. The first kappa shape index (κ1) is 12.7. The van der Waals surface area contributed by atoms with Gasteiger partial charge in [0.2, 0.25) is 0 Å². The summed E-state index contributed by atoms with van der Waals surface area (Å²) in [7, 11) is 0. The molecule has 1 aromatic rings. The molecule has 7 nitrogen and oxygen atoms in total. The van der Waals surface area contributed by atoms with Crippen molar-refractivity contribution in [2.45, 2.75) is 0 Å². The van der Waals surface area contributed by atoms with E-state index in [-0.39, 0.29) is 10.6 Å². The highest BCUT2D eigenvalue weighted by molar-refractivity contribution is 5.70. The predicted octanol–water partition coefficient (Wildman–Crippen LogP) is 1.02. The molecule has 2 fully saturated rings. The van der Waals surface area contributed by atoms with Crippen LogP contribution in [0.2, 0.25) is 0 Å². The second-order valence-electron chi connectivity index (χ2n) is 5.83. The maximum atomic E-state index is 11.4. The van der Waals surface area contributed by atoms with E-state index in [1.807, 2.05) is 0 Å². The largest absolute Gasteiger partial charge is 0.486 e. The summed E-state index contributed by atoms with van der Waals surface area (Å²) in [4.78, 5) is 13.2. The summed E-state index contributed by atoms with van der Waals surface area (Å²) in [5.74, 6) is 2.24. The lowest BCUT2D eigenvalue weighted by atomic mass is 10.0. The van der Waals surface area contributed by atoms with Gasteiger partial charge in [-0.15, -0.1) is 0 Å². The van der Waals surface area contributed by atoms with E-state index in [1.54, 1.807) is 6.07 Å². The fourth-order valence-electron chi connectivity index (χ4n) is 3.52. The smallest absolute Gasteiger partial charge is 0.296 e. The van der Waals surface area contributed by atoms with Gasteiger partial charge in [-0.25, -0.2) is 0 Å². The van der Waals surface area contributed by atoms with Crippen LogP contribution in [0.3, 0.4) is 0 Å². The van der Waals surface area contributed by atoms with Crippen LogP contribution in [0.15, 0.2) is 12.1 Å². The van der Waals surface area contributed by atoms with Gasteiger partial charge in [0.05, 0.1) is 11.0 Å². The third-order valence-electron chi connectivity index (χ3n) is 4.57. The van der Waals surface area contributed by atoms with Crippen LogP contribution in [0, 0.1) is 22.0 Å². The maximum absolute atomic E-state index is 11.4. The predicted molar refractivity (Wildman–Crippen MR) is 76.1 cm³/mol. The summed E-state index contributed by atoms with van der Waals surface area (Å²) in [6.07, 6.45) is 0. The molecule has 3 aliphatic rings. The van der Waals surface area contributed by atoms with Gasteiger partial charge in [-0.1, -0.05) is 0 Å². The molecule has 0 aromatic heterocycles. The first-order valence-corrected chi connectivity index (χ1v) is 7.26. The molecule has 0 aliphatic carbocycles. The third kappa shape index (κ3) is 2.08. The molecule has 0 spiro atoms. The van der Waals surface area contributed by atoms with Gasteiger partial charge >= 0.3 is 0 Å². The second-order valence-corrected chi connectivity index (χ2v) is 5.83. The minimum absolute atomic E-state index is 0.104. The van der Waals surface area contributed by atoms with E-state index in [9.17, 15) is 10.1 Å². The Morgan fingerprint density at radius 2 is 1.76 bits per heavy atom. The van der Waals surface area contributed by atoms with Crippen LogP contribution in [0.5, 0.6) is 11.5 Å². The molecule has 0 unspecified atom stereocenters. The summed E-state index contributed by atoms with van der Waals surface area (Å²) in [5.41, 5.74) is 0.755. The van der Waals surface area contributed by atoms with E-state index in [4.69, 9.17) is 9.47 Å². The molecule has 2 saturated heterocycles. The summed E-state index contributed by atoms with van der Waals surface area (Å²) in [6, 6.07) is 3.26. The number of hydrogen-bond acceptors (Lipinski definition) is 6. The molecule has 4 rings (SSSR count). The van der Waals surface area contributed by atoms with Crippen molar-refractivity contribution in [1.29, 1.82) is 0 Å². The number of hydrogen-bond donors (Lipinski definition) is 1. The van der Waals surface area contributed by atoms with Gasteiger partial charge in [0.1, 0.15) is 18.9 Å². The molecule has 3 heterocycles. The van der Waals surface area contributed by atoms with Crippen LogP contribution in [-0.4, -0.2) is 44.3 Å². The molecule has 0 amide bonds. The Balaban J connectivity index is 1.71. The van der Waals surface area contributed by atoms with Crippen molar-refractivity contribution < 1.29 is 14.4 Å². The van der Waals surface area contributed by atoms with Crippen molar-refractivity contribution in [3.63, 3.8) is 0 Å². The SMILES string of the molecule is O=[N+]([O-])c1cc2c(cc1N1C[C@H]3CNC[C@H]3C1)OCCO2. The average Bonchev–Trinajstić information content (AvgIpc) is 3.07. The molecular formula is C14H17N3O4. The van der Waals surface area contributed by atoms with E-state index in [0.717, 1.165) is 26.2 Å². The number of rotatable bonds is 2. The van der Waals surface area contributed by atoms with Crippen LogP contribution in [0.4, 0.5) is 11.4 Å². The Bertz CT molecular complexity index is 580. The van der Waals surface area contributed by atoms with E-state index in [0.29, 0.717) is 42.2 Å². The van der Waals surface area contributed by atoms with Crippen molar-refractivity contribution in [3.8, 4) is 11.5 Å². The standard InChI is InChI=1S/C14H17N3O4/c18-17(19)12-4-14-13(20-1-2-21-14)3-11(12)16-7-9-5-15-6-10(9)8-16/h3-4,9-10,15H,1-2,5-8H2/t9-,10+. The summed E-state index contributed by atoms with van der Waals surface area (Å²) in [5, 5.41) is 14.8. The molecule has 1 aromatic carbocycles. The van der Waals surface area contributed by atoms with Crippen molar-refractivity contribution in [2.75, 3.05) is 44.3 Å². The molecule has 3 aliphatic heterocycles. The van der Waals surface area contributed by atoms with Crippen LogP contribution in [0.1, 0.15) is 0 Å². The number of ether oxygens (including phenoxy) is 2. The molecule has 0 bridgehead atoms. The number of nitrogens with one attached hydrogen (secondary N) is 1. The third-order valence-corrected chi connectivity index (χ3v) is 4.57. The van der Waals surface area contributed by atoms with E-state index in [2.05, 4.69) is 10.2 Å². The first-order valence-electron chi connectivity index (χ1n) is 7.26. The fourth-order valence-corrected chi connectivity index (χ4v) is 3.52. The van der Waals surface area contributed by atoms with Crippen molar-refractivity contribution in [1.82, 2.24) is 5.32 Å². The van der Waals surface area contributed by atoms with Crippen molar-refractivity contribution in [3.05, 3.63) is 22.2 Å². The zero-order valence-electron chi connectivity index (χ0n) is 11.6. The van der Waals surface area contributed by atoms with E-state index < -0.39 is 0 Å². The summed E-state index contributed by atoms with van der Waals surface area (Å²) >= 11 is 0. The zero-order chi connectivity index (χ0) is 14.4. The molecule has 2 atom stereocenters. The maximum Gasteiger partial charge on any atom is 0.296 e. The minimum Gasteiger partial charge on any atom is -0.486 e. The quantitative estimate of drug-likeness (QED) is 0.647. The van der Waals surface area contributed by atoms with Crippen LogP contribution < -0.4 is 19.7 Å². The Morgan fingerprint density at radius 3 is 2.38 bits per heavy atom. The Kier molecular flexibility index (Phi) is 2.88. The van der Waals surface area contributed by atoms with Gasteiger partial charge in [0, 0.05) is 32.2 Å². The summed E-state index contributed by atoms with van der Waals surface area (Å²) in [6.45, 7) is 4.64. The molecular weight excluding hydrogens is 274 g/mol. The van der Waals surface area contributed by atoms with E-state index in [1.165, 1.54) is 6.07 Å². The number of nitro groups is 1. The molecule has 1 N–H and O–H groups in total. The number of benzene rings is 1. The van der Waals surface area contributed by atoms with Gasteiger partial charge in [0.25, 0.3) is 5.69 Å². The van der Waals surface area contributed by atoms with E-state index >= 15 is 0 Å². The lowest BCUT2D eigenvalue weighted by molar-refractivity contribution is -0.384. The van der Waals surface area contributed by atoms with Gasteiger partial charge < -0.3 is 19.7 Å². The van der Waals surface area contributed by atoms with Gasteiger partial charge in [-0.3, -0.25) is 10.1 Å². The minimum atomic E-state index is -0.333. The lowest BCUT2D eigenvalue weighted by Gasteiger charge is -2.23. The first-order chi connectivity index (χ1) is 10.2. The Labute approximate surface area is 122 Å². The van der Waals surface area contributed by atoms with Crippen LogP contribution >= 0.6 is 0 Å². The topological polar surface area (TPSA) is 76.9 Å². The normalized spacial score (nSPS) is 26.8. The fraction of sp³-hybridized carbons (Fsp3) is 0.571. The van der Waals surface area contributed by atoms with Gasteiger partial charge in [-0.2, -0.15) is 0 Å². The highest BCUT2D eigenvalue weighted by atomic mass is 16.6. The molecule has 0 saturated carbocycles. The number of fused-ring (bicyclic) bond motifs is 2. The summed E-state index contributed by atoms with van der Waals surface area (Å²) < 4.78 is 11.0. The number of nitro benzene ring substituents is 1. The van der Waals surface area contributed by atoms with Gasteiger partial charge in [0.15, 0.2) is 11.5 Å². The Morgan fingerprint density at radius 1 is 1.14 bits per heavy atom. The van der Waals surface area contributed by atoms with Crippen LogP contribution in [-0.2, 0) is 0 Å². The average molecular weight is 291 g/mol. The molecule has 7 heteroatoms. The number of anilines is 1. The highest BCUT2D eigenvalue weighted by Gasteiger charge is 2.38. The number of nitrogens with zero attached hydrogens (tertiary/aromatic N) is 2. The lowest BCUT2D eigenvalue weighted by Crippen LogP contribution is -2.26. The zero-order valence-corrected chi connectivity index (χ0v) is 11.6. The second kappa shape index (κ2) is 4.77. The molecule has 0 radical (unpaired) electrons. The molecule has 112 valence electrons. The van der Waals surface area contributed by atoms with Gasteiger partial charge in [-0.05, 0) is 11.8 Å². The molecule has 21 heavy (non-hydrogen) atoms. The van der Waals surface area contributed by atoms with Crippen LogP contribution in [0.25, 0.3) is 0 Å². The van der Waals surface area contributed by atoms with Crippen molar-refractivity contribution >= 4 is 11.4 Å². The Hall–Kier alpha value is -2.02. The van der Waals surface area contributed by atoms with Crippen molar-refractivity contribution in [2.24, 2.45) is 11.8 Å².